The average Bonchev–Trinajstić information content (AvgIpc) is 3.13. The van der Waals surface area contributed by atoms with Crippen LogP contribution >= 0.6 is 11.3 Å². The molecule has 1 atom stereocenters. The van der Waals surface area contributed by atoms with Gasteiger partial charge in [0.1, 0.15) is 0 Å². The summed E-state index contributed by atoms with van der Waals surface area (Å²) in [5.41, 5.74) is 0. The van der Waals surface area contributed by atoms with Gasteiger partial charge in [0, 0.05) is 24.1 Å². The van der Waals surface area contributed by atoms with Gasteiger partial charge in [0.15, 0.2) is 6.61 Å². The molecule has 0 radical (unpaired) electrons. The van der Waals surface area contributed by atoms with Gasteiger partial charge in [-0.3, -0.25) is 4.79 Å². The Hall–Kier alpha value is -1.66. The molecule has 1 aromatic heterocycles. The molecule has 108 valence electrons. The number of thiophene rings is 1. The molecule has 0 spiro atoms. The zero-order chi connectivity index (χ0) is 14.2. The van der Waals surface area contributed by atoms with Crippen molar-refractivity contribution in [1.29, 1.82) is 0 Å². The van der Waals surface area contributed by atoms with E-state index in [4.69, 9.17) is 9.47 Å². The van der Waals surface area contributed by atoms with E-state index in [1.54, 1.807) is 6.08 Å². The fraction of sp³-hybridized carbons (Fsp3) is 0.429. The van der Waals surface area contributed by atoms with Crippen LogP contribution in [-0.4, -0.2) is 37.7 Å². The van der Waals surface area contributed by atoms with Crippen molar-refractivity contribution >= 4 is 29.3 Å². The molecule has 20 heavy (non-hydrogen) atoms. The molecule has 0 unspecified atom stereocenters. The van der Waals surface area contributed by atoms with Crippen molar-refractivity contribution in [2.75, 3.05) is 19.8 Å². The van der Waals surface area contributed by atoms with Crippen LogP contribution in [0.5, 0.6) is 0 Å². The molecule has 1 fully saturated rings. The van der Waals surface area contributed by atoms with Gasteiger partial charge in [0.05, 0.1) is 6.10 Å². The molecule has 1 amide bonds. The molecule has 5 nitrogen and oxygen atoms in total. The van der Waals surface area contributed by atoms with Crippen LogP contribution in [0.15, 0.2) is 23.6 Å². The first-order valence-electron chi connectivity index (χ1n) is 6.50. The number of carbonyl (C=O) groups is 2. The second-order valence-corrected chi connectivity index (χ2v) is 5.37. The van der Waals surface area contributed by atoms with E-state index in [2.05, 4.69) is 5.32 Å². The number of hydrogen-bond acceptors (Lipinski definition) is 5. The minimum absolute atomic E-state index is 0.0911. The van der Waals surface area contributed by atoms with Gasteiger partial charge < -0.3 is 14.8 Å². The van der Waals surface area contributed by atoms with E-state index in [1.165, 1.54) is 17.4 Å². The van der Waals surface area contributed by atoms with Crippen LogP contribution in [0, 0.1) is 0 Å². The first-order chi connectivity index (χ1) is 9.74. The predicted molar refractivity (Wildman–Crippen MR) is 76.3 cm³/mol. The van der Waals surface area contributed by atoms with Gasteiger partial charge in [0.25, 0.3) is 5.91 Å². The highest BCUT2D eigenvalue weighted by atomic mass is 32.1. The maximum absolute atomic E-state index is 11.5. The molecule has 2 rings (SSSR count). The number of hydrogen-bond donors (Lipinski definition) is 1. The number of amides is 1. The molecular weight excluding hydrogens is 278 g/mol. The third-order valence-electron chi connectivity index (χ3n) is 2.82. The van der Waals surface area contributed by atoms with E-state index in [9.17, 15) is 9.59 Å². The number of carbonyl (C=O) groups excluding carboxylic acids is 2. The van der Waals surface area contributed by atoms with E-state index < -0.39 is 5.97 Å². The average molecular weight is 295 g/mol. The lowest BCUT2D eigenvalue weighted by Gasteiger charge is -2.10. The maximum Gasteiger partial charge on any atom is 0.331 e. The molecule has 0 saturated carbocycles. The van der Waals surface area contributed by atoms with Gasteiger partial charge in [-0.1, -0.05) is 6.07 Å². The second-order valence-electron chi connectivity index (χ2n) is 4.40. The lowest BCUT2D eigenvalue weighted by molar-refractivity contribution is -0.143. The molecule has 1 aliphatic heterocycles. The van der Waals surface area contributed by atoms with E-state index in [-0.39, 0.29) is 18.6 Å². The summed E-state index contributed by atoms with van der Waals surface area (Å²) in [7, 11) is 0. The fourth-order valence-electron chi connectivity index (χ4n) is 1.81. The highest BCUT2D eigenvalue weighted by Crippen LogP contribution is 2.11. The first-order valence-corrected chi connectivity index (χ1v) is 7.38. The van der Waals surface area contributed by atoms with Gasteiger partial charge >= 0.3 is 5.97 Å². The van der Waals surface area contributed by atoms with Gasteiger partial charge in [-0.15, -0.1) is 11.3 Å². The van der Waals surface area contributed by atoms with Gasteiger partial charge in [-0.25, -0.2) is 4.79 Å². The number of esters is 1. The summed E-state index contributed by atoms with van der Waals surface area (Å²) < 4.78 is 10.2. The van der Waals surface area contributed by atoms with Crippen molar-refractivity contribution < 1.29 is 19.1 Å². The standard InChI is InChI=1S/C14H17NO4S/c16-13(15-9-11-3-1-7-18-11)10-19-14(17)6-5-12-4-2-8-20-12/h2,4-6,8,11H,1,3,7,9-10H2,(H,15,16)/b6-5+/t11-/m1/s1. The number of rotatable bonds is 6. The van der Waals surface area contributed by atoms with Crippen molar-refractivity contribution in [1.82, 2.24) is 5.32 Å². The molecule has 1 aliphatic rings. The molecule has 0 aliphatic carbocycles. The van der Waals surface area contributed by atoms with Crippen LogP contribution in [-0.2, 0) is 19.1 Å². The molecule has 1 N–H and O–H groups in total. The van der Waals surface area contributed by atoms with Gasteiger partial charge in [0.2, 0.25) is 0 Å². The Bertz CT molecular complexity index is 464. The van der Waals surface area contributed by atoms with Crippen LogP contribution in [0.25, 0.3) is 6.08 Å². The molecule has 6 heteroatoms. The highest BCUT2D eigenvalue weighted by molar-refractivity contribution is 7.10. The molecule has 0 bridgehead atoms. The lowest BCUT2D eigenvalue weighted by atomic mass is 10.2. The lowest BCUT2D eigenvalue weighted by Crippen LogP contribution is -2.34. The number of nitrogens with one attached hydrogen (secondary N) is 1. The van der Waals surface area contributed by atoms with E-state index in [0.29, 0.717) is 6.54 Å². The van der Waals surface area contributed by atoms with Crippen molar-refractivity contribution in [3.63, 3.8) is 0 Å². The van der Waals surface area contributed by atoms with Crippen LogP contribution in [0.2, 0.25) is 0 Å². The van der Waals surface area contributed by atoms with Crippen molar-refractivity contribution in [2.24, 2.45) is 0 Å². The van der Waals surface area contributed by atoms with Crippen LogP contribution in [0.1, 0.15) is 17.7 Å². The summed E-state index contributed by atoms with van der Waals surface area (Å²) in [5.74, 6) is -0.830. The Balaban J connectivity index is 1.61. The summed E-state index contributed by atoms with van der Waals surface area (Å²) >= 11 is 1.52. The molecule has 0 aromatic carbocycles. The fourth-order valence-corrected chi connectivity index (χ4v) is 2.42. The smallest absolute Gasteiger partial charge is 0.331 e. The van der Waals surface area contributed by atoms with E-state index in [1.807, 2.05) is 17.5 Å². The normalized spacial score (nSPS) is 18.3. The van der Waals surface area contributed by atoms with Crippen molar-refractivity contribution in [2.45, 2.75) is 18.9 Å². The minimum Gasteiger partial charge on any atom is -0.452 e. The summed E-state index contributed by atoms with van der Waals surface area (Å²) in [5, 5.41) is 4.61. The third kappa shape index (κ3) is 5.14. The summed E-state index contributed by atoms with van der Waals surface area (Å²) in [6, 6.07) is 3.79. The summed E-state index contributed by atoms with van der Waals surface area (Å²) in [4.78, 5) is 23.8. The minimum atomic E-state index is -0.523. The topological polar surface area (TPSA) is 64.6 Å². The monoisotopic (exact) mass is 295 g/mol. The zero-order valence-electron chi connectivity index (χ0n) is 11.0. The van der Waals surface area contributed by atoms with Gasteiger partial charge in [-0.2, -0.15) is 0 Å². The SMILES string of the molecule is O=C(COC(=O)/C=C/c1cccs1)NC[C@H]1CCCO1. The highest BCUT2D eigenvalue weighted by Gasteiger charge is 2.16. The first kappa shape index (κ1) is 14.7. The van der Waals surface area contributed by atoms with Crippen LogP contribution in [0.4, 0.5) is 0 Å². The molecule has 1 saturated heterocycles. The van der Waals surface area contributed by atoms with Gasteiger partial charge in [-0.05, 0) is 30.4 Å². The van der Waals surface area contributed by atoms with E-state index in [0.717, 1.165) is 24.3 Å². The van der Waals surface area contributed by atoms with Crippen LogP contribution in [0.3, 0.4) is 0 Å². The predicted octanol–water partition coefficient (Wildman–Crippen LogP) is 1.60. The Morgan fingerprint density at radius 1 is 1.55 bits per heavy atom. The quantitative estimate of drug-likeness (QED) is 0.639. The Morgan fingerprint density at radius 2 is 2.45 bits per heavy atom. The van der Waals surface area contributed by atoms with Crippen LogP contribution < -0.4 is 5.32 Å². The number of ether oxygens (including phenoxy) is 2. The molecule has 1 aromatic rings. The molecule has 2 heterocycles. The van der Waals surface area contributed by atoms with E-state index >= 15 is 0 Å². The molecular formula is C14H17NO4S. The summed E-state index contributed by atoms with van der Waals surface area (Å²) in [6.45, 7) is 0.963. The Labute approximate surface area is 121 Å². The Morgan fingerprint density at radius 3 is 3.15 bits per heavy atom. The third-order valence-corrected chi connectivity index (χ3v) is 3.66. The maximum atomic E-state index is 11.5. The summed E-state index contributed by atoms with van der Waals surface area (Å²) in [6.07, 6.45) is 5.07. The Kier molecular flexibility index (Phi) is 5.76. The second kappa shape index (κ2) is 7.81. The van der Waals surface area contributed by atoms with Crippen molar-refractivity contribution in [3.8, 4) is 0 Å². The van der Waals surface area contributed by atoms with Crippen molar-refractivity contribution in [3.05, 3.63) is 28.5 Å². The zero-order valence-corrected chi connectivity index (χ0v) is 11.9. The largest absolute Gasteiger partial charge is 0.452 e.